The third-order valence-corrected chi connectivity index (χ3v) is 3.06. The minimum absolute atomic E-state index is 0.158. The number of H-pyrrole nitrogens is 1. The molecule has 1 aromatic heterocycles. The number of hydrogen-bond acceptors (Lipinski definition) is 5. The maximum atomic E-state index is 10.9. The van der Waals surface area contributed by atoms with Crippen LogP contribution in [0.1, 0.15) is 30.3 Å². The lowest BCUT2D eigenvalue weighted by Gasteiger charge is -2.21. The van der Waals surface area contributed by atoms with Crippen LogP contribution in [0.3, 0.4) is 0 Å². The molecule has 0 fully saturated rings. The Morgan fingerprint density at radius 2 is 2.10 bits per heavy atom. The Morgan fingerprint density at radius 3 is 2.60 bits per heavy atom. The van der Waals surface area contributed by atoms with Gasteiger partial charge in [-0.2, -0.15) is 5.21 Å². The Morgan fingerprint density at radius 1 is 1.40 bits per heavy atom. The number of hydrogen-bond donors (Lipinski definition) is 3. The van der Waals surface area contributed by atoms with Crippen molar-refractivity contribution in [1.29, 1.82) is 0 Å². The first-order valence-corrected chi connectivity index (χ1v) is 5.98. The van der Waals surface area contributed by atoms with Gasteiger partial charge < -0.3 is 15.2 Å². The fraction of sp³-hybridized carbons (Fsp3) is 0.333. The first kappa shape index (κ1) is 13.8. The molecule has 1 heterocycles. The number of ether oxygens (including phenoxy) is 1. The van der Waals surface area contributed by atoms with Crippen LogP contribution in [0.25, 0.3) is 0 Å². The molecule has 2 atom stereocenters. The quantitative estimate of drug-likeness (QED) is 0.759. The highest BCUT2D eigenvalue weighted by molar-refractivity contribution is 5.65. The zero-order valence-electron chi connectivity index (χ0n) is 11.1. The van der Waals surface area contributed by atoms with E-state index >= 15 is 0 Å². The summed E-state index contributed by atoms with van der Waals surface area (Å²) in [4.78, 5) is 10.9. The van der Waals surface area contributed by atoms with Crippen LogP contribution in [0.2, 0.25) is 0 Å². The van der Waals surface area contributed by atoms with Crippen LogP contribution in [0.5, 0.6) is 5.75 Å². The van der Waals surface area contributed by atoms with Gasteiger partial charge in [0.15, 0.2) is 5.82 Å². The Bertz CT molecular complexity index is 555. The number of rotatable bonds is 5. The second kappa shape index (κ2) is 6.00. The third-order valence-electron chi connectivity index (χ3n) is 3.06. The molecule has 0 aliphatic rings. The van der Waals surface area contributed by atoms with Crippen molar-refractivity contribution in [2.45, 2.75) is 18.9 Å². The normalized spacial score (nSPS) is 13.5. The average molecular weight is 277 g/mol. The number of carboxylic acid groups (broad SMARTS) is 1. The van der Waals surface area contributed by atoms with Crippen molar-refractivity contribution in [1.82, 2.24) is 25.9 Å². The summed E-state index contributed by atoms with van der Waals surface area (Å²) in [5.41, 5.74) is 0.939. The molecule has 0 bridgehead atoms. The molecule has 0 radical (unpaired) electrons. The van der Waals surface area contributed by atoms with Crippen LogP contribution in [0, 0.1) is 0 Å². The first-order chi connectivity index (χ1) is 9.61. The number of benzene rings is 1. The predicted octanol–water partition coefficient (Wildman–Crippen LogP) is 1.32. The number of nitrogens with zero attached hydrogens (tertiary/aromatic N) is 3. The average Bonchev–Trinajstić information content (AvgIpc) is 2.98. The van der Waals surface area contributed by atoms with Gasteiger partial charge in [0.2, 0.25) is 0 Å². The summed E-state index contributed by atoms with van der Waals surface area (Å²) in [6, 6.07) is 6.81. The van der Waals surface area contributed by atoms with Gasteiger partial charge in [0.25, 0.3) is 0 Å². The van der Waals surface area contributed by atoms with E-state index in [9.17, 15) is 4.79 Å². The third kappa shape index (κ3) is 3.02. The van der Waals surface area contributed by atoms with Crippen molar-refractivity contribution >= 4 is 6.09 Å². The van der Waals surface area contributed by atoms with E-state index in [0.717, 1.165) is 11.3 Å². The molecular weight excluding hydrogens is 262 g/mol. The molecule has 0 aliphatic carbocycles. The Hall–Kier alpha value is -2.64. The predicted molar refractivity (Wildman–Crippen MR) is 69.5 cm³/mol. The summed E-state index contributed by atoms with van der Waals surface area (Å²) in [6.07, 6.45) is -1.14. The zero-order chi connectivity index (χ0) is 14.5. The molecule has 0 spiro atoms. The van der Waals surface area contributed by atoms with Crippen molar-refractivity contribution in [3.05, 3.63) is 35.7 Å². The summed E-state index contributed by atoms with van der Waals surface area (Å²) in [6.45, 7) is 1.89. The fourth-order valence-electron chi connectivity index (χ4n) is 1.95. The number of tetrazole rings is 1. The lowest BCUT2D eigenvalue weighted by molar-refractivity contribution is 0.187. The summed E-state index contributed by atoms with van der Waals surface area (Å²) in [5.74, 6) is 0.883. The van der Waals surface area contributed by atoms with E-state index in [2.05, 4.69) is 25.9 Å². The standard InChI is InChI=1S/C12H15N5O3/c1-7(8-3-5-9(20-2)6-4-8)10(13-12(18)19)11-14-16-17-15-11/h3-7,10,13H,1-2H3,(H,18,19)(H,14,15,16,17)/t7-,10-/m0/s1. The Kier molecular flexibility index (Phi) is 4.14. The van der Waals surface area contributed by atoms with Gasteiger partial charge in [0, 0.05) is 5.92 Å². The van der Waals surface area contributed by atoms with Gasteiger partial charge in [-0.15, -0.1) is 10.2 Å². The molecule has 1 amide bonds. The van der Waals surface area contributed by atoms with E-state index in [0.29, 0.717) is 5.82 Å². The fourth-order valence-corrected chi connectivity index (χ4v) is 1.95. The second-order valence-electron chi connectivity index (χ2n) is 4.26. The second-order valence-corrected chi connectivity index (χ2v) is 4.26. The van der Waals surface area contributed by atoms with Gasteiger partial charge in [-0.25, -0.2) is 4.79 Å². The molecule has 3 N–H and O–H groups in total. The maximum absolute atomic E-state index is 10.9. The molecular formula is C12H15N5O3. The van der Waals surface area contributed by atoms with Gasteiger partial charge in [0.05, 0.1) is 7.11 Å². The van der Waals surface area contributed by atoms with Crippen LogP contribution in [0.4, 0.5) is 4.79 Å². The van der Waals surface area contributed by atoms with E-state index in [-0.39, 0.29) is 5.92 Å². The molecule has 2 aromatic rings. The van der Waals surface area contributed by atoms with Gasteiger partial charge >= 0.3 is 6.09 Å². The van der Waals surface area contributed by atoms with E-state index in [1.165, 1.54) is 0 Å². The highest BCUT2D eigenvalue weighted by Crippen LogP contribution is 2.29. The first-order valence-electron chi connectivity index (χ1n) is 5.98. The molecule has 0 saturated heterocycles. The molecule has 20 heavy (non-hydrogen) atoms. The van der Waals surface area contributed by atoms with Gasteiger partial charge in [-0.3, -0.25) is 0 Å². The summed E-state index contributed by atoms with van der Waals surface area (Å²) < 4.78 is 5.10. The zero-order valence-corrected chi connectivity index (χ0v) is 11.1. The van der Waals surface area contributed by atoms with Gasteiger partial charge in [0.1, 0.15) is 11.8 Å². The van der Waals surface area contributed by atoms with Crippen LogP contribution >= 0.6 is 0 Å². The molecule has 0 unspecified atom stereocenters. The SMILES string of the molecule is COc1ccc([C@H](C)[C@H](NC(=O)O)c2nn[nH]n2)cc1. The van der Waals surface area contributed by atoms with Crippen LogP contribution in [-0.4, -0.2) is 38.9 Å². The number of aromatic nitrogens is 4. The largest absolute Gasteiger partial charge is 0.497 e. The minimum Gasteiger partial charge on any atom is -0.497 e. The Balaban J connectivity index is 2.25. The molecule has 8 heteroatoms. The van der Waals surface area contributed by atoms with Crippen molar-refractivity contribution in [3.8, 4) is 5.75 Å². The van der Waals surface area contributed by atoms with Crippen molar-refractivity contribution in [2.75, 3.05) is 7.11 Å². The minimum atomic E-state index is -1.14. The number of methoxy groups -OCH3 is 1. The van der Waals surface area contributed by atoms with E-state index in [1.54, 1.807) is 7.11 Å². The highest BCUT2D eigenvalue weighted by atomic mass is 16.5. The lowest BCUT2D eigenvalue weighted by Crippen LogP contribution is -2.31. The topological polar surface area (TPSA) is 113 Å². The summed E-state index contributed by atoms with van der Waals surface area (Å²) in [7, 11) is 1.59. The molecule has 8 nitrogen and oxygen atoms in total. The van der Waals surface area contributed by atoms with Gasteiger partial charge in [-0.1, -0.05) is 24.3 Å². The van der Waals surface area contributed by atoms with Crippen LogP contribution in [-0.2, 0) is 0 Å². The monoisotopic (exact) mass is 277 g/mol. The summed E-state index contributed by atoms with van der Waals surface area (Å²) >= 11 is 0. The molecule has 0 saturated carbocycles. The molecule has 1 aromatic carbocycles. The van der Waals surface area contributed by atoms with E-state index in [4.69, 9.17) is 9.84 Å². The van der Waals surface area contributed by atoms with E-state index in [1.807, 2.05) is 31.2 Å². The summed E-state index contributed by atoms with van der Waals surface area (Å²) in [5, 5.41) is 24.8. The number of carbonyl (C=O) groups is 1. The van der Waals surface area contributed by atoms with Crippen LogP contribution < -0.4 is 10.1 Å². The maximum Gasteiger partial charge on any atom is 0.405 e. The van der Waals surface area contributed by atoms with Gasteiger partial charge in [-0.05, 0) is 17.7 Å². The van der Waals surface area contributed by atoms with Crippen molar-refractivity contribution in [3.63, 3.8) is 0 Å². The molecule has 106 valence electrons. The molecule has 0 aliphatic heterocycles. The lowest BCUT2D eigenvalue weighted by atomic mass is 9.93. The highest BCUT2D eigenvalue weighted by Gasteiger charge is 2.26. The van der Waals surface area contributed by atoms with Crippen molar-refractivity contribution in [2.24, 2.45) is 0 Å². The number of aromatic amines is 1. The number of amides is 1. The Labute approximate surface area is 115 Å². The van der Waals surface area contributed by atoms with E-state index < -0.39 is 12.1 Å². The molecule has 2 rings (SSSR count). The van der Waals surface area contributed by atoms with Crippen LogP contribution in [0.15, 0.2) is 24.3 Å². The van der Waals surface area contributed by atoms with Crippen molar-refractivity contribution < 1.29 is 14.6 Å². The number of nitrogens with one attached hydrogen (secondary N) is 2. The smallest absolute Gasteiger partial charge is 0.405 e.